The summed E-state index contributed by atoms with van der Waals surface area (Å²) in [7, 11) is 0. The molecule has 1 aliphatic rings. The number of alkyl carbamates (subject to hydrolysis) is 1. The van der Waals surface area contributed by atoms with Crippen LogP contribution < -0.4 is 21.7 Å². The fourth-order valence-electron chi connectivity index (χ4n) is 4.96. The maximum absolute atomic E-state index is 14.9. The van der Waals surface area contributed by atoms with E-state index < -0.39 is 41.3 Å². The summed E-state index contributed by atoms with van der Waals surface area (Å²) >= 11 is 0. The fourth-order valence-corrected chi connectivity index (χ4v) is 4.96. The molecule has 11 nitrogen and oxygen atoms in total. The molecular formula is C33H37F3N6O5. The van der Waals surface area contributed by atoms with E-state index in [1.807, 2.05) is 0 Å². The van der Waals surface area contributed by atoms with Gasteiger partial charge in [-0.3, -0.25) is 14.6 Å². The van der Waals surface area contributed by atoms with Crippen molar-refractivity contribution in [1.29, 1.82) is 0 Å². The number of halogens is 3. The minimum atomic E-state index is -0.722. The molecule has 2 aromatic carbocycles. The molecular weight excluding hydrogens is 617 g/mol. The third-order valence-corrected chi connectivity index (χ3v) is 7.50. The maximum atomic E-state index is 14.9. The van der Waals surface area contributed by atoms with Gasteiger partial charge >= 0.3 is 6.09 Å². The van der Waals surface area contributed by atoms with Crippen LogP contribution in [0.4, 0.5) is 23.7 Å². The number of pyridine rings is 1. The lowest BCUT2D eigenvalue weighted by molar-refractivity contribution is -0.117. The third kappa shape index (κ3) is 10.9. The highest BCUT2D eigenvalue weighted by molar-refractivity contribution is 5.95. The third-order valence-electron chi connectivity index (χ3n) is 7.50. The summed E-state index contributed by atoms with van der Waals surface area (Å²) < 4.78 is 53.2. The molecule has 2 atom stereocenters. The van der Waals surface area contributed by atoms with Crippen molar-refractivity contribution < 1.29 is 37.0 Å². The Balaban J connectivity index is 1.28. The molecule has 0 bridgehead atoms. The maximum Gasteiger partial charge on any atom is 0.407 e. The Hall–Kier alpha value is -4.82. The Morgan fingerprint density at radius 2 is 1.72 bits per heavy atom. The van der Waals surface area contributed by atoms with Crippen molar-refractivity contribution in [3.63, 3.8) is 0 Å². The van der Waals surface area contributed by atoms with E-state index in [1.54, 1.807) is 31.2 Å². The Labute approximate surface area is 270 Å². The van der Waals surface area contributed by atoms with Crippen LogP contribution in [-0.2, 0) is 25.5 Å². The zero-order valence-corrected chi connectivity index (χ0v) is 25.8. The summed E-state index contributed by atoms with van der Waals surface area (Å²) in [6.45, 7) is 2.20. The number of ether oxygens (including phenoxy) is 2. The first-order valence-corrected chi connectivity index (χ1v) is 15.2. The Morgan fingerprint density at radius 1 is 1.06 bits per heavy atom. The number of nitrogens with zero attached hydrogens (tertiary/aromatic N) is 2. The quantitative estimate of drug-likeness (QED) is 0.159. The number of benzene rings is 2. The van der Waals surface area contributed by atoms with Gasteiger partial charge in [0.1, 0.15) is 29.9 Å². The van der Waals surface area contributed by atoms with E-state index in [0.29, 0.717) is 24.1 Å². The number of aromatic nitrogens is 1. The summed E-state index contributed by atoms with van der Waals surface area (Å²) in [5.41, 5.74) is 7.41. The molecule has 0 radical (unpaired) electrons. The van der Waals surface area contributed by atoms with Crippen molar-refractivity contribution in [2.75, 3.05) is 31.6 Å². The molecule has 3 aromatic rings. The summed E-state index contributed by atoms with van der Waals surface area (Å²) in [5, 5.41) is 8.42. The molecule has 0 aliphatic carbocycles. The molecule has 250 valence electrons. The summed E-state index contributed by atoms with van der Waals surface area (Å²) in [6, 6.07) is 11.2. The van der Waals surface area contributed by atoms with Crippen LogP contribution in [0.25, 0.3) is 0 Å². The minimum Gasteiger partial charge on any atom is -0.448 e. The summed E-state index contributed by atoms with van der Waals surface area (Å²) in [5.74, 6) is -2.78. The second-order valence-electron chi connectivity index (χ2n) is 11.0. The summed E-state index contributed by atoms with van der Waals surface area (Å²) in [6.07, 6.45) is 2.26. The van der Waals surface area contributed by atoms with Crippen LogP contribution in [0.15, 0.2) is 65.9 Å². The Bertz CT molecular complexity index is 1500. The van der Waals surface area contributed by atoms with Crippen LogP contribution >= 0.6 is 0 Å². The molecule has 4 rings (SSSR count). The molecule has 2 heterocycles. The number of carbonyl (C=O) groups excluding carboxylic acids is 3. The summed E-state index contributed by atoms with van der Waals surface area (Å²) in [4.78, 5) is 44.0. The molecule has 1 saturated heterocycles. The molecule has 0 spiro atoms. The van der Waals surface area contributed by atoms with E-state index in [0.717, 1.165) is 6.20 Å². The first-order valence-electron chi connectivity index (χ1n) is 15.2. The van der Waals surface area contributed by atoms with Gasteiger partial charge in [-0.05, 0) is 48.2 Å². The second kappa shape index (κ2) is 17.2. The van der Waals surface area contributed by atoms with Crippen molar-refractivity contribution >= 4 is 29.4 Å². The average Bonchev–Trinajstić information content (AvgIpc) is 3.06. The van der Waals surface area contributed by atoms with Gasteiger partial charge in [-0.2, -0.15) is 4.99 Å². The van der Waals surface area contributed by atoms with Crippen molar-refractivity contribution in [1.82, 2.24) is 15.6 Å². The fraction of sp³-hybridized carbons (Fsp3) is 0.364. The van der Waals surface area contributed by atoms with Gasteiger partial charge in [-0.15, -0.1) is 0 Å². The lowest BCUT2D eigenvalue weighted by atomic mass is 9.88. The monoisotopic (exact) mass is 654 g/mol. The van der Waals surface area contributed by atoms with Gasteiger partial charge in [0.2, 0.25) is 11.8 Å². The molecule has 0 unspecified atom stereocenters. The van der Waals surface area contributed by atoms with Crippen LogP contribution in [-0.4, -0.2) is 67.2 Å². The number of carbonyl (C=O) groups is 3. The van der Waals surface area contributed by atoms with Crippen molar-refractivity contribution in [2.24, 2.45) is 10.7 Å². The molecule has 1 fully saturated rings. The van der Waals surface area contributed by atoms with Crippen LogP contribution in [0, 0.1) is 17.5 Å². The normalized spacial score (nSPS) is 16.5. The van der Waals surface area contributed by atoms with Gasteiger partial charge in [0.15, 0.2) is 0 Å². The molecule has 5 N–H and O–H groups in total. The molecule has 1 aliphatic heterocycles. The standard InChI is InChI=1S/C33H37F3N6O5/c1-2-31(43)42-30(37)17-40-33(45)47-19-24-18-46-25(14-39-24)11-12-26-28(36)15-38-16-29(26)41-32(44)13-27(20-3-7-22(34)8-4-20)21-5-9-23(35)10-6-21/h3-10,15-16,24-25,27,39H,2,11-14,17-19H2,1H3,(H,40,45)(H,41,44)(H2,37,42,43)/t24-,25+/m0/s1. The zero-order chi connectivity index (χ0) is 33.8. The van der Waals surface area contributed by atoms with Gasteiger partial charge in [-0.1, -0.05) is 31.2 Å². The van der Waals surface area contributed by atoms with Gasteiger partial charge < -0.3 is 31.2 Å². The SMILES string of the molecule is CCC(=O)N=C(N)CNC(=O)OC[C@@H]1CO[C@H](CCc2c(F)cncc2NC(=O)CC(c2ccc(F)cc2)c2ccc(F)cc2)CN1. The number of amides is 3. The molecule has 3 amide bonds. The number of amidine groups is 1. The highest BCUT2D eigenvalue weighted by atomic mass is 19.1. The average molecular weight is 655 g/mol. The smallest absolute Gasteiger partial charge is 0.407 e. The van der Waals surface area contributed by atoms with E-state index in [-0.39, 0.29) is 68.3 Å². The molecule has 1 aromatic heterocycles. The second-order valence-corrected chi connectivity index (χ2v) is 11.0. The van der Waals surface area contributed by atoms with Gasteiger partial charge in [-0.25, -0.2) is 18.0 Å². The Morgan fingerprint density at radius 3 is 2.32 bits per heavy atom. The topological polar surface area (TPSA) is 157 Å². The predicted octanol–water partition coefficient (Wildman–Crippen LogP) is 3.97. The van der Waals surface area contributed by atoms with Gasteiger partial charge in [0.05, 0.1) is 43.4 Å². The van der Waals surface area contributed by atoms with Crippen molar-refractivity contribution in [3.05, 3.63) is 95.1 Å². The highest BCUT2D eigenvalue weighted by Crippen LogP contribution is 2.30. The number of anilines is 1. The number of nitrogens with two attached hydrogens (primary N) is 1. The van der Waals surface area contributed by atoms with Crippen LogP contribution in [0.5, 0.6) is 0 Å². The van der Waals surface area contributed by atoms with E-state index >= 15 is 0 Å². The van der Waals surface area contributed by atoms with Crippen LogP contribution in [0.3, 0.4) is 0 Å². The van der Waals surface area contributed by atoms with Crippen molar-refractivity contribution in [2.45, 2.75) is 50.7 Å². The Kier molecular flexibility index (Phi) is 12.8. The number of rotatable bonds is 13. The van der Waals surface area contributed by atoms with Gasteiger partial charge in [0, 0.05) is 30.9 Å². The van der Waals surface area contributed by atoms with E-state index in [4.69, 9.17) is 15.2 Å². The largest absolute Gasteiger partial charge is 0.448 e. The highest BCUT2D eigenvalue weighted by Gasteiger charge is 2.24. The van der Waals surface area contributed by atoms with Gasteiger partial charge in [0.25, 0.3) is 0 Å². The predicted molar refractivity (Wildman–Crippen MR) is 168 cm³/mol. The van der Waals surface area contributed by atoms with E-state index in [9.17, 15) is 27.6 Å². The van der Waals surface area contributed by atoms with E-state index in [2.05, 4.69) is 25.9 Å². The lowest BCUT2D eigenvalue weighted by Crippen LogP contribution is -2.49. The lowest BCUT2D eigenvalue weighted by Gasteiger charge is -2.30. The molecule has 0 saturated carbocycles. The number of nitrogens with one attached hydrogen (secondary N) is 3. The molecule has 47 heavy (non-hydrogen) atoms. The van der Waals surface area contributed by atoms with Crippen LogP contribution in [0.2, 0.25) is 0 Å². The number of morpholine rings is 1. The number of aliphatic imine (C=N–C) groups is 1. The zero-order valence-electron chi connectivity index (χ0n) is 25.8. The van der Waals surface area contributed by atoms with Crippen molar-refractivity contribution in [3.8, 4) is 0 Å². The number of hydrogen-bond acceptors (Lipinski definition) is 7. The van der Waals surface area contributed by atoms with Crippen LogP contribution in [0.1, 0.15) is 48.8 Å². The first-order chi connectivity index (χ1) is 22.6. The first kappa shape index (κ1) is 35.0. The minimum absolute atomic E-state index is 0.0233. The molecule has 14 heteroatoms. The van der Waals surface area contributed by atoms with E-state index in [1.165, 1.54) is 30.5 Å². The number of hydrogen-bond donors (Lipinski definition) is 4.